The maximum absolute atomic E-state index is 6.10. The summed E-state index contributed by atoms with van der Waals surface area (Å²) in [5, 5.41) is 1.79. The molecule has 11 heavy (non-hydrogen) atoms. The van der Waals surface area contributed by atoms with Gasteiger partial charge in [-0.25, -0.2) is 0 Å². The van der Waals surface area contributed by atoms with Crippen molar-refractivity contribution in [2.75, 3.05) is 0 Å². The van der Waals surface area contributed by atoms with Crippen molar-refractivity contribution in [1.82, 2.24) is 0 Å². The fourth-order valence-electron chi connectivity index (χ4n) is 1.69. The Morgan fingerprint density at radius 2 is 2.45 bits per heavy atom. The lowest BCUT2D eigenvalue weighted by molar-refractivity contribution is 0.719. The van der Waals surface area contributed by atoms with Crippen molar-refractivity contribution in [2.45, 2.75) is 31.4 Å². The van der Waals surface area contributed by atoms with Crippen LogP contribution in [0.4, 0.5) is 0 Å². The molecule has 0 nitrogen and oxygen atoms in total. The van der Waals surface area contributed by atoms with E-state index < -0.39 is 0 Å². The molecule has 2 heteroatoms. The fourth-order valence-corrected chi connectivity index (χ4v) is 3.34. The van der Waals surface area contributed by atoms with E-state index >= 15 is 0 Å². The molecule has 0 spiro atoms. The summed E-state index contributed by atoms with van der Waals surface area (Å²) in [4.78, 5) is 1.42. The van der Waals surface area contributed by atoms with Gasteiger partial charge >= 0.3 is 0 Å². The highest BCUT2D eigenvalue weighted by molar-refractivity contribution is 8.04. The maximum Gasteiger partial charge on any atom is 0.0353 e. The molecule has 0 aromatic heterocycles. The molecule has 2 rings (SSSR count). The smallest absolute Gasteiger partial charge is 0.0353 e. The normalized spacial score (nSPS) is 30.4. The van der Waals surface area contributed by atoms with E-state index in [4.69, 9.17) is 11.6 Å². The summed E-state index contributed by atoms with van der Waals surface area (Å²) in [6, 6.07) is 0. The van der Waals surface area contributed by atoms with Crippen LogP contribution >= 0.6 is 23.4 Å². The van der Waals surface area contributed by atoms with E-state index in [0.29, 0.717) is 5.25 Å². The van der Waals surface area contributed by atoms with Crippen LogP contribution in [0.2, 0.25) is 0 Å². The molecule has 1 unspecified atom stereocenters. The molecule has 1 aliphatic heterocycles. The highest BCUT2D eigenvalue weighted by Gasteiger charge is 2.25. The zero-order valence-corrected chi connectivity index (χ0v) is 8.13. The minimum Gasteiger partial charge on any atom is -0.123 e. The average Bonchev–Trinajstić information content (AvgIpc) is 2.31. The zero-order valence-electron chi connectivity index (χ0n) is 6.56. The van der Waals surface area contributed by atoms with Crippen LogP contribution in [0, 0.1) is 0 Å². The highest BCUT2D eigenvalue weighted by Crippen LogP contribution is 2.44. The van der Waals surface area contributed by atoms with Crippen molar-refractivity contribution in [1.29, 1.82) is 0 Å². The molecule has 1 heterocycles. The van der Waals surface area contributed by atoms with Crippen LogP contribution in [0.1, 0.15) is 26.2 Å². The Hall–Kier alpha value is 0.120. The van der Waals surface area contributed by atoms with Crippen LogP contribution in [-0.2, 0) is 0 Å². The summed E-state index contributed by atoms with van der Waals surface area (Å²) in [5.41, 5.74) is 1.40. The summed E-state index contributed by atoms with van der Waals surface area (Å²) in [6.07, 6.45) is 5.92. The first kappa shape index (κ1) is 7.75. The molecular weight excluding hydrogens is 176 g/mol. The van der Waals surface area contributed by atoms with Crippen molar-refractivity contribution >= 4 is 23.4 Å². The van der Waals surface area contributed by atoms with E-state index in [1.54, 1.807) is 0 Å². The van der Waals surface area contributed by atoms with Gasteiger partial charge in [-0.3, -0.25) is 0 Å². The van der Waals surface area contributed by atoms with E-state index in [2.05, 4.69) is 13.0 Å². The third-order valence-corrected chi connectivity index (χ3v) is 3.88. The molecule has 60 valence electrons. The third kappa shape index (κ3) is 1.36. The van der Waals surface area contributed by atoms with Crippen LogP contribution in [0.25, 0.3) is 0 Å². The standard InChI is InChI=1S/C9H11ClS/c1-6-5-7-8(10)3-2-4-9(7)11-6/h5,9H,2-4H2,1H3. The number of allylic oxidation sites excluding steroid dienone is 3. The molecule has 1 atom stereocenters. The summed E-state index contributed by atoms with van der Waals surface area (Å²) >= 11 is 8.08. The topological polar surface area (TPSA) is 0 Å². The number of rotatable bonds is 0. The molecule has 0 fully saturated rings. The lowest BCUT2D eigenvalue weighted by Crippen LogP contribution is -2.07. The van der Waals surface area contributed by atoms with Crippen molar-refractivity contribution in [3.63, 3.8) is 0 Å². The Morgan fingerprint density at radius 3 is 3.18 bits per heavy atom. The van der Waals surface area contributed by atoms with Gasteiger partial charge in [-0.05, 0) is 42.7 Å². The van der Waals surface area contributed by atoms with Gasteiger partial charge < -0.3 is 0 Å². The summed E-state index contributed by atoms with van der Waals surface area (Å²) < 4.78 is 0. The van der Waals surface area contributed by atoms with Gasteiger partial charge in [0, 0.05) is 10.3 Å². The molecule has 0 N–H and O–H groups in total. The zero-order chi connectivity index (χ0) is 7.84. The van der Waals surface area contributed by atoms with Gasteiger partial charge in [0.1, 0.15) is 0 Å². The first-order chi connectivity index (χ1) is 5.27. The molecule has 0 aromatic carbocycles. The molecule has 2 aliphatic rings. The predicted octanol–water partition coefficient (Wildman–Crippen LogP) is 3.68. The number of thioether (sulfide) groups is 1. The van der Waals surface area contributed by atoms with Crippen molar-refractivity contribution in [3.05, 3.63) is 21.6 Å². The number of hydrogen-bond acceptors (Lipinski definition) is 1. The van der Waals surface area contributed by atoms with Crippen molar-refractivity contribution in [2.24, 2.45) is 0 Å². The second-order valence-corrected chi connectivity index (χ2v) is 5.02. The molecule has 0 saturated carbocycles. The van der Waals surface area contributed by atoms with Gasteiger partial charge in [-0.15, -0.1) is 11.8 Å². The fraction of sp³-hybridized carbons (Fsp3) is 0.556. The van der Waals surface area contributed by atoms with Gasteiger partial charge in [0.2, 0.25) is 0 Å². The Kier molecular flexibility index (Phi) is 2.02. The van der Waals surface area contributed by atoms with E-state index in [9.17, 15) is 0 Å². The van der Waals surface area contributed by atoms with E-state index in [1.807, 2.05) is 11.8 Å². The second-order valence-electron chi connectivity index (χ2n) is 3.11. The number of fused-ring (bicyclic) bond motifs is 1. The molecule has 0 saturated heterocycles. The Labute approximate surface area is 76.7 Å². The van der Waals surface area contributed by atoms with Gasteiger partial charge in [-0.2, -0.15) is 0 Å². The van der Waals surface area contributed by atoms with Crippen LogP contribution in [0.3, 0.4) is 0 Å². The summed E-state index contributed by atoms with van der Waals surface area (Å²) in [6.45, 7) is 2.17. The Bertz CT molecular complexity index is 240. The Morgan fingerprint density at radius 1 is 1.64 bits per heavy atom. The average molecular weight is 187 g/mol. The van der Waals surface area contributed by atoms with E-state index in [1.165, 1.54) is 23.3 Å². The molecule has 0 radical (unpaired) electrons. The summed E-state index contributed by atoms with van der Waals surface area (Å²) in [7, 11) is 0. The maximum atomic E-state index is 6.10. The first-order valence-corrected chi connectivity index (χ1v) is 5.26. The molecular formula is C9H11ClS. The monoisotopic (exact) mass is 186 g/mol. The Balaban J connectivity index is 2.33. The van der Waals surface area contributed by atoms with Gasteiger partial charge in [0.25, 0.3) is 0 Å². The van der Waals surface area contributed by atoms with Crippen LogP contribution in [0.5, 0.6) is 0 Å². The minimum absolute atomic E-state index is 0.691. The van der Waals surface area contributed by atoms with E-state index in [-0.39, 0.29) is 0 Å². The van der Waals surface area contributed by atoms with Crippen molar-refractivity contribution in [3.8, 4) is 0 Å². The number of halogens is 1. The predicted molar refractivity (Wildman–Crippen MR) is 51.9 cm³/mol. The third-order valence-electron chi connectivity index (χ3n) is 2.21. The SMILES string of the molecule is CC1=CC2=C(Cl)CCCC2S1. The number of hydrogen-bond donors (Lipinski definition) is 0. The lowest BCUT2D eigenvalue weighted by atomic mass is 9.99. The quantitative estimate of drug-likeness (QED) is 0.556. The molecule has 0 bridgehead atoms. The largest absolute Gasteiger partial charge is 0.123 e. The molecule has 1 aliphatic carbocycles. The molecule has 0 aromatic rings. The van der Waals surface area contributed by atoms with Crippen molar-refractivity contribution < 1.29 is 0 Å². The van der Waals surface area contributed by atoms with Crippen LogP contribution in [-0.4, -0.2) is 5.25 Å². The first-order valence-electron chi connectivity index (χ1n) is 4.01. The van der Waals surface area contributed by atoms with Gasteiger partial charge in [0.15, 0.2) is 0 Å². The molecule has 0 amide bonds. The van der Waals surface area contributed by atoms with E-state index in [0.717, 1.165) is 11.5 Å². The lowest BCUT2D eigenvalue weighted by Gasteiger charge is -2.18. The van der Waals surface area contributed by atoms with Crippen LogP contribution in [0.15, 0.2) is 21.6 Å². The van der Waals surface area contributed by atoms with Gasteiger partial charge in [-0.1, -0.05) is 11.6 Å². The highest BCUT2D eigenvalue weighted by atomic mass is 35.5. The van der Waals surface area contributed by atoms with Gasteiger partial charge in [0.05, 0.1) is 0 Å². The second kappa shape index (κ2) is 2.87. The summed E-state index contributed by atoms with van der Waals surface area (Å²) in [5.74, 6) is 0. The minimum atomic E-state index is 0.691. The van der Waals surface area contributed by atoms with Crippen LogP contribution < -0.4 is 0 Å².